The number of phenolic OH excluding ortho intramolecular Hbond substituents is 1. The first kappa shape index (κ1) is 34.5. The highest BCUT2D eigenvalue weighted by Gasteiger charge is 2.25. The summed E-state index contributed by atoms with van der Waals surface area (Å²) in [4.78, 5) is 12.6. The predicted octanol–water partition coefficient (Wildman–Crippen LogP) is 9.37. The number of rotatable bonds is 12. The number of hydrogen-bond donors (Lipinski definition) is 4. The van der Waals surface area contributed by atoms with Crippen molar-refractivity contribution in [3.05, 3.63) is 108 Å². The number of azo groups is 1. The van der Waals surface area contributed by atoms with Gasteiger partial charge in [0.1, 0.15) is 22.0 Å². The molecule has 5 rings (SSSR count). The summed E-state index contributed by atoms with van der Waals surface area (Å²) in [5, 5.41) is 34.8. The molecule has 0 saturated carbocycles. The van der Waals surface area contributed by atoms with Gasteiger partial charge in [-0.25, -0.2) is 5.26 Å². The molecule has 0 atom stereocenters. The zero-order valence-electron chi connectivity index (χ0n) is 25.9. The molecule has 12 nitrogen and oxygen atoms in total. The van der Waals surface area contributed by atoms with E-state index in [1.54, 1.807) is 54.6 Å². The summed E-state index contributed by atoms with van der Waals surface area (Å²) in [6, 6.07) is 26.3. The van der Waals surface area contributed by atoms with E-state index in [0.29, 0.717) is 29.1 Å². The third-order valence-corrected chi connectivity index (χ3v) is 9.14. The SMILES string of the molecule is CCC(C)(C)c1ccc(Oc2ccccc2N=Nc2c(S(=O)(=O)O)cc3cc(SOOO)cc(NC(=O)c4ccccc4)c3c2O)cc1. The molecule has 14 heteroatoms. The number of nitrogens with zero attached hydrogens (tertiary/aromatic N) is 2. The highest BCUT2D eigenvalue weighted by molar-refractivity contribution is 7.94. The van der Waals surface area contributed by atoms with Crippen LogP contribution in [0.2, 0.25) is 0 Å². The Balaban J connectivity index is 1.59. The van der Waals surface area contributed by atoms with Crippen molar-refractivity contribution in [2.24, 2.45) is 10.2 Å². The lowest BCUT2D eigenvalue weighted by atomic mass is 9.82. The molecule has 1 amide bonds. The normalized spacial score (nSPS) is 12.0. The molecular weight excluding hydrogens is 659 g/mol. The van der Waals surface area contributed by atoms with E-state index in [-0.39, 0.29) is 32.5 Å². The van der Waals surface area contributed by atoms with Gasteiger partial charge in [0.2, 0.25) is 0 Å². The van der Waals surface area contributed by atoms with Gasteiger partial charge in [-0.15, -0.1) is 14.6 Å². The molecule has 5 aromatic rings. The van der Waals surface area contributed by atoms with Gasteiger partial charge < -0.3 is 15.2 Å². The van der Waals surface area contributed by atoms with Crippen molar-refractivity contribution in [2.75, 3.05) is 5.32 Å². The van der Waals surface area contributed by atoms with Crippen molar-refractivity contribution in [3.63, 3.8) is 0 Å². The Bertz CT molecular complexity index is 2090. The standard InChI is InChI=1S/C34H31N3O9S2/c1-4-34(2,3)23-14-16-24(17-15-23)44-28-13-9-8-12-26(28)36-37-31-29(48(41,42)43)19-22-18-25(47-46-45-40)20-27(30(22)32(31)38)35-33(39)21-10-6-5-7-11-21/h5-20,38,40H,4H2,1-3H3,(H,35,39)(H,41,42,43). The number of anilines is 1. The molecule has 0 unspecified atom stereocenters. The third kappa shape index (κ3) is 7.82. The van der Waals surface area contributed by atoms with E-state index < -0.39 is 32.4 Å². The van der Waals surface area contributed by atoms with Gasteiger partial charge in [-0.3, -0.25) is 9.35 Å². The molecule has 0 radical (unpaired) electrons. The smallest absolute Gasteiger partial charge is 0.296 e. The summed E-state index contributed by atoms with van der Waals surface area (Å²) in [6.07, 6.45) is 0.956. The monoisotopic (exact) mass is 689 g/mol. The average molecular weight is 690 g/mol. The van der Waals surface area contributed by atoms with Crippen molar-refractivity contribution >= 4 is 55.9 Å². The Morgan fingerprint density at radius 2 is 1.62 bits per heavy atom. The van der Waals surface area contributed by atoms with Gasteiger partial charge in [-0.1, -0.05) is 68.3 Å². The Morgan fingerprint density at radius 1 is 0.938 bits per heavy atom. The third-order valence-electron chi connectivity index (χ3n) is 7.72. The van der Waals surface area contributed by atoms with Crippen LogP contribution in [-0.4, -0.2) is 29.2 Å². The number of phenols is 1. The number of para-hydroxylation sites is 1. The summed E-state index contributed by atoms with van der Waals surface area (Å²) in [5.74, 6) is -0.419. The zero-order valence-corrected chi connectivity index (χ0v) is 27.6. The number of amides is 1. The topological polar surface area (TPSA) is 176 Å². The van der Waals surface area contributed by atoms with Gasteiger partial charge >= 0.3 is 0 Å². The first-order chi connectivity index (χ1) is 22.9. The van der Waals surface area contributed by atoms with Crippen molar-refractivity contribution in [2.45, 2.75) is 42.4 Å². The van der Waals surface area contributed by atoms with Crippen molar-refractivity contribution in [1.29, 1.82) is 0 Å². The maximum Gasteiger partial charge on any atom is 0.296 e. The summed E-state index contributed by atoms with van der Waals surface area (Å²) >= 11 is 0.535. The van der Waals surface area contributed by atoms with Crippen LogP contribution in [0.3, 0.4) is 0 Å². The Hall–Kier alpha value is -4.83. The number of carbonyl (C=O) groups is 1. The van der Waals surface area contributed by atoms with Gasteiger partial charge in [0.15, 0.2) is 11.5 Å². The number of carbonyl (C=O) groups excluding carboxylic acids is 1. The predicted molar refractivity (Wildman–Crippen MR) is 181 cm³/mol. The van der Waals surface area contributed by atoms with Gasteiger partial charge in [0.25, 0.3) is 16.0 Å². The van der Waals surface area contributed by atoms with Crippen LogP contribution in [-0.2, 0) is 24.9 Å². The van der Waals surface area contributed by atoms with E-state index in [4.69, 9.17) is 9.99 Å². The summed E-state index contributed by atoms with van der Waals surface area (Å²) in [7, 11) is -4.97. The molecule has 4 N–H and O–H groups in total. The second kappa shape index (κ2) is 14.5. The number of fused-ring (bicyclic) bond motifs is 1. The highest BCUT2D eigenvalue weighted by Crippen LogP contribution is 2.46. The molecule has 48 heavy (non-hydrogen) atoms. The summed E-state index contributed by atoms with van der Waals surface area (Å²) in [5.41, 5.74) is 1.07. The molecule has 5 aromatic carbocycles. The molecule has 248 valence electrons. The summed E-state index contributed by atoms with van der Waals surface area (Å²) < 4.78 is 45.9. The molecule has 0 aliphatic heterocycles. The van der Waals surface area contributed by atoms with Crippen LogP contribution in [0.15, 0.2) is 117 Å². The van der Waals surface area contributed by atoms with Gasteiger partial charge in [-0.05, 0) is 77.4 Å². The van der Waals surface area contributed by atoms with Crippen molar-refractivity contribution < 1.29 is 42.2 Å². The Morgan fingerprint density at radius 3 is 2.29 bits per heavy atom. The quantitative estimate of drug-likeness (QED) is 0.0324. The van der Waals surface area contributed by atoms with Crippen LogP contribution in [0.25, 0.3) is 10.8 Å². The van der Waals surface area contributed by atoms with Crippen LogP contribution in [0.4, 0.5) is 17.1 Å². The minimum absolute atomic E-state index is 0.0104. The molecule has 0 aliphatic carbocycles. The number of benzene rings is 5. The number of aromatic hydroxyl groups is 1. The van der Waals surface area contributed by atoms with Crippen LogP contribution in [0.5, 0.6) is 17.2 Å². The first-order valence-corrected chi connectivity index (χ1v) is 16.7. The fraction of sp³-hybridized carbons (Fsp3) is 0.147. The largest absolute Gasteiger partial charge is 0.505 e. The number of nitrogens with one attached hydrogen (secondary N) is 1. The second-order valence-corrected chi connectivity index (χ2v) is 13.4. The van der Waals surface area contributed by atoms with E-state index in [1.807, 2.05) is 24.3 Å². The van der Waals surface area contributed by atoms with Gasteiger partial charge in [0.05, 0.1) is 17.7 Å². The zero-order chi connectivity index (χ0) is 34.5. The second-order valence-electron chi connectivity index (χ2n) is 11.2. The molecule has 0 bridgehead atoms. The fourth-order valence-corrected chi connectivity index (χ4v) is 5.88. The summed E-state index contributed by atoms with van der Waals surface area (Å²) in [6.45, 7) is 6.43. The highest BCUT2D eigenvalue weighted by atomic mass is 32.2. The van der Waals surface area contributed by atoms with E-state index >= 15 is 0 Å². The fourth-order valence-electron chi connectivity index (χ4n) is 4.77. The van der Waals surface area contributed by atoms with Crippen LogP contribution in [0.1, 0.15) is 43.1 Å². The first-order valence-electron chi connectivity index (χ1n) is 14.5. The van der Waals surface area contributed by atoms with E-state index in [1.165, 1.54) is 12.1 Å². The van der Waals surface area contributed by atoms with Crippen LogP contribution >= 0.6 is 12.0 Å². The molecule has 0 aliphatic rings. The maximum absolute atomic E-state index is 13.1. The lowest BCUT2D eigenvalue weighted by Crippen LogP contribution is -2.14. The molecular formula is C34H31N3O9S2. The molecule has 0 spiro atoms. The Kier molecular flexibility index (Phi) is 10.4. The van der Waals surface area contributed by atoms with E-state index in [0.717, 1.165) is 18.1 Å². The maximum atomic E-state index is 13.1. The molecule has 0 heterocycles. The number of hydrogen-bond acceptors (Lipinski definition) is 11. The van der Waals surface area contributed by atoms with E-state index in [2.05, 4.69) is 45.7 Å². The molecule has 0 saturated heterocycles. The van der Waals surface area contributed by atoms with Crippen LogP contribution in [0, 0.1) is 0 Å². The molecule has 0 aromatic heterocycles. The van der Waals surface area contributed by atoms with Gasteiger partial charge in [-0.2, -0.15) is 8.42 Å². The lowest BCUT2D eigenvalue weighted by Gasteiger charge is -2.23. The lowest BCUT2D eigenvalue weighted by molar-refractivity contribution is -0.432. The Labute approximate surface area is 280 Å². The van der Waals surface area contributed by atoms with Gasteiger partial charge in [0, 0.05) is 15.8 Å². The molecule has 0 fully saturated rings. The minimum atomic E-state index is -4.97. The minimum Gasteiger partial charge on any atom is -0.505 e. The van der Waals surface area contributed by atoms with Crippen molar-refractivity contribution in [1.82, 2.24) is 0 Å². The van der Waals surface area contributed by atoms with E-state index in [9.17, 15) is 22.9 Å². The van der Waals surface area contributed by atoms with Crippen LogP contribution < -0.4 is 10.1 Å². The average Bonchev–Trinajstić information content (AvgIpc) is 3.07. The van der Waals surface area contributed by atoms with Crippen molar-refractivity contribution in [3.8, 4) is 17.2 Å². The number of ether oxygens (including phenoxy) is 1.